The zero-order valence-corrected chi connectivity index (χ0v) is 10.8. The highest BCUT2D eigenvalue weighted by Gasteiger charge is 2.06. The molecule has 17 heavy (non-hydrogen) atoms. The molecule has 0 amide bonds. The van der Waals surface area contributed by atoms with E-state index < -0.39 is 15.9 Å². The summed E-state index contributed by atoms with van der Waals surface area (Å²) in [4.78, 5) is 0. The predicted molar refractivity (Wildman–Crippen MR) is 68.6 cm³/mol. The van der Waals surface area contributed by atoms with E-state index in [0.717, 1.165) is 5.56 Å². The SMILES string of the molecule is CS(=O)(=O)CCCNC[C@@H](O)c1ccccc1. The van der Waals surface area contributed by atoms with Crippen molar-refractivity contribution >= 4 is 9.84 Å². The smallest absolute Gasteiger partial charge is 0.147 e. The molecule has 0 unspecified atom stereocenters. The second-order valence-electron chi connectivity index (χ2n) is 4.11. The van der Waals surface area contributed by atoms with Gasteiger partial charge in [0.1, 0.15) is 9.84 Å². The van der Waals surface area contributed by atoms with Crippen LogP contribution in [0.15, 0.2) is 30.3 Å². The van der Waals surface area contributed by atoms with Gasteiger partial charge < -0.3 is 10.4 Å². The maximum absolute atomic E-state index is 10.9. The first-order valence-electron chi connectivity index (χ1n) is 5.60. The van der Waals surface area contributed by atoms with E-state index in [1.165, 1.54) is 6.26 Å². The van der Waals surface area contributed by atoms with E-state index in [2.05, 4.69) is 5.32 Å². The molecule has 0 heterocycles. The van der Waals surface area contributed by atoms with Crippen LogP contribution in [0.1, 0.15) is 18.1 Å². The Morgan fingerprint density at radius 2 is 1.94 bits per heavy atom. The molecule has 0 saturated carbocycles. The van der Waals surface area contributed by atoms with E-state index >= 15 is 0 Å². The number of hydrogen-bond acceptors (Lipinski definition) is 4. The Kier molecular flexibility index (Phi) is 5.61. The minimum Gasteiger partial charge on any atom is -0.387 e. The van der Waals surface area contributed by atoms with Crippen molar-refractivity contribution in [1.82, 2.24) is 5.32 Å². The van der Waals surface area contributed by atoms with Crippen molar-refractivity contribution < 1.29 is 13.5 Å². The van der Waals surface area contributed by atoms with E-state index in [9.17, 15) is 13.5 Å². The van der Waals surface area contributed by atoms with Gasteiger partial charge in [0.05, 0.1) is 11.9 Å². The molecule has 0 bridgehead atoms. The molecule has 1 aromatic rings. The van der Waals surface area contributed by atoms with E-state index in [0.29, 0.717) is 19.5 Å². The fourth-order valence-corrected chi connectivity index (χ4v) is 2.16. The van der Waals surface area contributed by atoms with Gasteiger partial charge in [-0.2, -0.15) is 0 Å². The summed E-state index contributed by atoms with van der Waals surface area (Å²) >= 11 is 0. The fraction of sp³-hybridized carbons (Fsp3) is 0.500. The Morgan fingerprint density at radius 3 is 2.53 bits per heavy atom. The summed E-state index contributed by atoms with van der Waals surface area (Å²) in [5, 5.41) is 12.8. The number of hydrogen-bond donors (Lipinski definition) is 2. The summed E-state index contributed by atoms with van der Waals surface area (Å²) in [6.45, 7) is 1.03. The molecule has 96 valence electrons. The summed E-state index contributed by atoms with van der Waals surface area (Å²) < 4.78 is 21.7. The van der Waals surface area contributed by atoms with Gasteiger partial charge in [-0.05, 0) is 18.5 Å². The van der Waals surface area contributed by atoms with Crippen LogP contribution in [0.5, 0.6) is 0 Å². The van der Waals surface area contributed by atoms with Gasteiger partial charge in [0.15, 0.2) is 0 Å². The molecule has 0 radical (unpaired) electrons. The lowest BCUT2D eigenvalue weighted by atomic mass is 10.1. The Hall–Kier alpha value is -0.910. The molecule has 0 aliphatic carbocycles. The maximum atomic E-state index is 10.9. The lowest BCUT2D eigenvalue weighted by Crippen LogP contribution is -2.24. The highest BCUT2D eigenvalue weighted by Crippen LogP contribution is 2.10. The summed E-state index contributed by atoms with van der Waals surface area (Å²) in [5.74, 6) is 0.182. The van der Waals surface area contributed by atoms with Crippen LogP contribution in [0.25, 0.3) is 0 Å². The standard InChI is InChI=1S/C12H19NO3S/c1-17(15,16)9-5-8-13-10-12(14)11-6-3-2-4-7-11/h2-4,6-7,12-14H,5,8-10H2,1H3/t12-/m1/s1. The number of benzene rings is 1. The van der Waals surface area contributed by atoms with Crippen molar-refractivity contribution in [3.8, 4) is 0 Å². The number of sulfone groups is 1. The predicted octanol–water partition coefficient (Wildman–Crippen LogP) is 0.744. The third-order valence-corrected chi connectivity index (χ3v) is 3.42. The van der Waals surface area contributed by atoms with Crippen molar-refractivity contribution in [3.63, 3.8) is 0 Å². The van der Waals surface area contributed by atoms with E-state index in [-0.39, 0.29) is 5.75 Å². The molecule has 2 N–H and O–H groups in total. The van der Waals surface area contributed by atoms with Crippen LogP contribution in [0.2, 0.25) is 0 Å². The van der Waals surface area contributed by atoms with Crippen molar-refractivity contribution in [2.75, 3.05) is 25.1 Å². The molecule has 0 aromatic heterocycles. The average Bonchev–Trinajstić information content (AvgIpc) is 2.28. The molecule has 5 heteroatoms. The lowest BCUT2D eigenvalue weighted by Gasteiger charge is -2.11. The van der Waals surface area contributed by atoms with Crippen LogP contribution in [-0.2, 0) is 9.84 Å². The molecule has 1 rings (SSSR count). The monoisotopic (exact) mass is 257 g/mol. The zero-order chi connectivity index (χ0) is 12.7. The van der Waals surface area contributed by atoms with Crippen molar-refractivity contribution in [2.24, 2.45) is 0 Å². The minimum atomic E-state index is -2.88. The average molecular weight is 257 g/mol. The third kappa shape index (κ3) is 6.41. The molecule has 0 aliphatic rings. The van der Waals surface area contributed by atoms with Gasteiger partial charge in [-0.25, -0.2) is 8.42 Å². The Bertz CT molecular complexity index is 417. The largest absolute Gasteiger partial charge is 0.387 e. The summed E-state index contributed by atoms with van der Waals surface area (Å²) in [7, 11) is -2.88. The van der Waals surface area contributed by atoms with Crippen LogP contribution >= 0.6 is 0 Å². The van der Waals surface area contributed by atoms with Gasteiger partial charge in [0.25, 0.3) is 0 Å². The Labute approximate surface area is 103 Å². The summed E-state index contributed by atoms with van der Waals surface area (Å²) in [5.41, 5.74) is 0.864. The van der Waals surface area contributed by atoms with Crippen LogP contribution in [0.4, 0.5) is 0 Å². The van der Waals surface area contributed by atoms with E-state index in [4.69, 9.17) is 0 Å². The van der Waals surface area contributed by atoms with Crippen LogP contribution in [-0.4, -0.2) is 38.6 Å². The molecular formula is C12H19NO3S. The third-order valence-electron chi connectivity index (χ3n) is 2.39. The summed E-state index contributed by atoms with van der Waals surface area (Å²) in [6.07, 6.45) is 1.25. The zero-order valence-electron chi connectivity index (χ0n) is 9.96. The number of rotatable bonds is 7. The van der Waals surface area contributed by atoms with Gasteiger partial charge in [-0.1, -0.05) is 30.3 Å². The van der Waals surface area contributed by atoms with Gasteiger partial charge in [0, 0.05) is 12.8 Å². The molecular weight excluding hydrogens is 238 g/mol. The Balaban J connectivity index is 2.19. The first kappa shape index (κ1) is 14.2. The van der Waals surface area contributed by atoms with Gasteiger partial charge in [-0.3, -0.25) is 0 Å². The quantitative estimate of drug-likeness (QED) is 0.707. The van der Waals surface area contributed by atoms with Crippen molar-refractivity contribution in [2.45, 2.75) is 12.5 Å². The highest BCUT2D eigenvalue weighted by atomic mass is 32.2. The van der Waals surface area contributed by atoms with Crippen LogP contribution in [0.3, 0.4) is 0 Å². The molecule has 0 aliphatic heterocycles. The molecule has 1 atom stereocenters. The normalized spacial score (nSPS) is 13.5. The van der Waals surface area contributed by atoms with Crippen LogP contribution in [0, 0.1) is 0 Å². The number of aliphatic hydroxyl groups excluding tert-OH is 1. The molecule has 0 fully saturated rings. The highest BCUT2D eigenvalue weighted by molar-refractivity contribution is 7.90. The van der Waals surface area contributed by atoms with Crippen molar-refractivity contribution in [3.05, 3.63) is 35.9 Å². The van der Waals surface area contributed by atoms with Gasteiger partial charge in [0.2, 0.25) is 0 Å². The topological polar surface area (TPSA) is 66.4 Å². The minimum absolute atomic E-state index is 0.182. The van der Waals surface area contributed by atoms with Gasteiger partial charge >= 0.3 is 0 Å². The van der Waals surface area contributed by atoms with Gasteiger partial charge in [-0.15, -0.1) is 0 Å². The van der Waals surface area contributed by atoms with Crippen molar-refractivity contribution in [1.29, 1.82) is 0 Å². The molecule has 0 spiro atoms. The van der Waals surface area contributed by atoms with Crippen LogP contribution < -0.4 is 5.32 Å². The first-order valence-corrected chi connectivity index (χ1v) is 7.66. The van der Waals surface area contributed by atoms with E-state index in [1.54, 1.807) is 0 Å². The Morgan fingerprint density at radius 1 is 1.29 bits per heavy atom. The molecule has 4 nitrogen and oxygen atoms in total. The lowest BCUT2D eigenvalue weighted by molar-refractivity contribution is 0.175. The molecule has 1 aromatic carbocycles. The fourth-order valence-electron chi connectivity index (χ4n) is 1.49. The number of nitrogens with one attached hydrogen (secondary N) is 1. The van der Waals surface area contributed by atoms with E-state index in [1.807, 2.05) is 30.3 Å². The maximum Gasteiger partial charge on any atom is 0.147 e. The molecule has 0 saturated heterocycles. The summed E-state index contributed by atoms with van der Waals surface area (Å²) in [6, 6.07) is 9.38. The number of aliphatic hydroxyl groups is 1. The first-order chi connectivity index (χ1) is 7.99. The second kappa shape index (κ2) is 6.74. The second-order valence-corrected chi connectivity index (χ2v) is 6.37.